The number of hydrogen-bond donors (Lipinski definition) is 2. The number of benzene rings is 1. The van der Waals surface area contributed by atoms with Crippen LogP contribution < -0.4 is 5.32 Å². The van der Waals surface area contributed by atoms with Crippen molar-refractivity contribution in [3.63, 3.8) is 0 Å². The highest BCUT2D eigenvalue weighted by atomic mass is 16.5. The van der Waals surface area contributed by atoms with Gasteiger partial charge in [0.25, 0.3) is 0 Å². The first-order chi connectivity index (χ1) is 15.5. The predicted octanol–water partition coefficient (Wildman–Crippen LogP) is 3.10. The Balaban J connectivity index is 1.80. The number of aromatic nitrogens is 3. The fourth-order valence-corrected chi connectivity index (χ4v) is 3.99. The number of carbonyl (C=O) groups is 2. The topological polar surface area (TPSA) is 106 Å². The Morgan fingerprint density at radius 1 is 1.22 bits per heavy atom. The molecule has 3 rings (SSSR count). The van der Waals surface area contributed by atoms with Gasteiger partial charge >= 0.3 is 5.97 Å². The molecule has 3 atom stereocenters. The number of ether oxygens (including phenoxy) is 1. The van der Waals surface area contributed by atoms with E-state index in [9.17, 15) is 14.7 Å². The van der Waals surface area contributed by atoms with E-state index in [0.29, 0.717) is 13.0 Å². The van der Waals surface area contributed by atoms with E-state index in [4.69, 9.17) is 4.74 Å². The van der Waals surface area contributed by atoms with E-state index >= 15 is 0 Å². The Morgan fingerprint density at radius 2 is 2.00 bits per heavy atom. The van der Waals surface area contributed by atoms with Gasteiger partial charge in [-0.25, -0.2) is 9.48 Å². The summed E-state index contributed by atoms with van der Waals surface area (Å²) in [7, 11) is 0. The van der Waals surface area contributed by atoms with Gasteiger partial charge in [0.2, 0.25) is 5.91 Å². The third-order valence-corrected chi connectivity index (χ3v) is 5.66. The van der Waals surface area contributed by atoms with E-state index in [-0.39, 0.29) is 17.9 Å². The van der Waals surface area contributed by atoms with Crippen LogP contribution in [0.4, 0.5) is 0 Å². The minimum Gasteiger partial charge on any atom is -0.478 e. The second-order valence-corrected chi connectivity index (χ2v) is 8.21. The molecule has 1 aromatic carbocycles. The average molecular weight is 441 g/mol. The molecule has 172 valence electrons. The van der Waals surface area contributed by atoms with Crippen LogP contribution in [0.1, 0.15) is 56.8 Å². The number of aliphatic carboxylic acids is 1. The quantitative estimate of drug-likeness (QED) is 0.520. The Labute approximate surface area is 188 Å². The Hall–Kier alpha value is -3.00. The zero-order valence-corrected chi connectivity index (χ0v) is 18.7. The molecule has 1 heterocycles. The largest absolute Gasteiger partial charge is 0.478 e. The van der Waals surface area contributed by atoms with Gasteiger partial charge in [0.1, 0.15) is 0 Å². The standard InChI is InChI=1S/C24H32N4O4/c1-3-4-8-13-32-22-15-19(24(30)31)14-21(23(22)25-17(2)29)28-16-20(26-27-28)12-11-18-9-6-5-7-10-18/h5-7,9-10,14,16,21-23H,3-4,8,11-13,15H2,1-2H3,(H,25,29)(H,30,31). The van der Waals surface area contributed by atoms with Gasteiger partial charge < -0.3 is 15.2 Å². The molecule has 0 spiro atoms. The van der Waals surface area contributed by atoms with E-state index in [0.717, 1.165) is 31.4 Å². The molecule has 1 aliphatic rings. The van der Waals surface area contributed by atoms with Crippen LogP contribution >= 0.6 is 0 Å². The van der Waals surface area contributed by atoms with Crippen molar-refractivity contribution >= 4 is 11.9 Å². The normalized spacial score (nSPS) is 20.6. The number of aryl methyl sites for hydroxylation is 2. The van der Waals surface area contributed by atoms with Gasteiger partial charge in [-0.2, -0.15) is 0 Å². The van der Waals surface area contributed by atoms with Crippen LogP contribution in [0.25, 0.3) is 0 Å². The van der Waals surface area contributed by atoms with Crippen LogP contribution in [-0.4, -0.2) is 50.7 Å². The van der Waals surface area contributed by atoms with Gasteiger partial charge in [0.05, 0.1) is 23.9 Å². The molecule has 0 bridgehead atoms. The number of carboxylic acids is 1. The van der Waals surface area contributed by atoms with Crippen molar-refractivity contribution in [2.45, 2.75) is 70.6 Å². The summed E-state index contributed by atoms with van der Waals surface area (Å²) in [4.78, 5) is 23.7. The Bertz CT molecular complexity index is 925. The zero-order valence-electron chi connectivity index (χ0n) is 18.7. The first kappa shape index (κ1) is 23.7. The lowest BCUT2D eigenvalue weighted by molar-refractivity contribution is -0.133. The van der Waals surface area contributed by atoms with E-state index < -0.39 is 24.2 Å². The lowest BCUT2D eigenvalue weighted by Crippen LogP contribution is -2.51. The number of nitrogens with one attached hydrogen (secondary N) is 1. The molecule has 0 saturated carbocycles. The Kier molecular flexibility index (Phi) is 8.56. The third-order valence-electron chi connectivity index (χ3n) is 5.66. The van der Waals surface area contributed by atoms with E-state index in [1.165, 1.54) is 12.5 Å². The third kappa shape index (κ3) is 6.50. The van der Waals surface area contributed by atoms with Gasteiger partial charge in [-0.05, 0) is 30.9 Å². The molecule has 3 unspecified atom stereocenters. The molecule has 1 amide bonds. The van der Waals surface area contributed by atoms with Crippen molar-refractivity contribution < 1.29 is 19.4 Å². The average Bonchev–Trinajstić information content (AvgIpc) is 3.25. The van der Waals surface area contributed by atoms with Crippen LogP contribution in [0.3, 0.4) is 0 Å². The van der Waals surface area contributed by atoms with E-state index in [1.54, 1.807) is 10.8 Å². The first-order valence-electron chi connectivity index (χ1n) is 11.2. The highest BCUT2D eigenvalue weighted by Crippen LogP contribution is 2.30. The summed E-state index contributed by atoms with van der Waals surface area (Å²) in [6, 6.07) is 9.21. The van der Waals surface area contributed by atoms with Gasteiger partial charge in [-0.3, -0.25) is 4.79 Å². The monoisotopic (exact) mass is 440 g/mol. The molecule has 0 aliphatic heterocycles. The van der Waals surface area contributed by atoms with Crippen LogP contribution in [0, 0.1) is 0 Å². The molecule has 2 N–H and O–H groups in total. The number of nitrogens with zero attached hydrogens (tertiary/aromatic N) is 3. The van der Waals surface area contributed by atoms with Gasteiger partial charge in [-0.15, -0.1) is 5.10 Å². The summed E-state index contributed by atoms with van der Waals surface area (Å²) in [5.74, 6) is -1.18. The van der Waals surface area contributed by atoms with Crippen LogP contribution in [0.2, 0.25) is 0 Å². The smallest absolute Gasteiger partial charge is 0.331 e. The lowest BCUT2D eigenvalue weighted by Gasteiger charge is -2.36. The molecular weight excluding hydrogens is 408 g/mol. The van der Waals surface area contributed by atoms with Crippen molar-refractivity contribution in [1.29, 1.82) is 0 Å². The second kappa shape index (κ2) is 11.6. The first-order valence-corrected chi connectivity index (χ1v) is 11.2. The molecule has 2 aromatic rings. The number of carboxylic acid groups (broad SMARTS) is 1. The van der Waals surface area contributed by atoms with Crippen molar-refractivity contribution in [3.8, 4) is 0 Å². The summed E-state index contributed by atoms with van der Waals surface area (Å²) in [5.41, 5.74) is 2.29. The number of unbranched alkanes of at least 4 members (excludes halogenated alkanes) is 2. The second-order valence-electron chi connectivity index (χ2n) is 8.21. The molecule has 8 heteroatoms. The maximum absolute atomic E-state index is 11.9. The minimum absolute atomic E-state index is 0.196. The van der Waals surface area contributed by atoms with Crippen molar-refractivity contribution in [2.24, 2.45) is 0 Å². The number of rotatable bonds is 11. The fraction of sp³-hybridized carbons (Fsp3) is 0.500. The summed E-state index contributed by atoms with van der Waals surface area (Å²) in [5, 5.41) is 21.2. The van der Waals surface area contributed by atoms with Crippen molar-refractivity contribution in [2.75, 3.05) is 6.61 Å². The van der Waals surface area contributed by atoms with Gasteiger partial charge in [-0.1, -0.05) is 55.3 Å². The number of hydrogen-bond acceptors (Lipinski definition) is 5. The van der Waals surface area contributed by atoms with Crippen LogP contribution in [-0.2, 0) is 27.2 Å². The molecular formula is C24H32N4O4. The number of carbonyl (C=O) groups excluding carboxylic acids is 1. The van der Waals surface area contributed by atoms with Crippen LogP contribution in [0.15, 0.2) is 48.2 Å². The van der Waals surface area contributed by atoms with E-state index in [1.807, 2.05) is 24.4 Å². The summed E-state index contributed by atoms with van der Waals surface area (Å²) >= 11 is 0. The SMILES string of the molecule is CCCCCOC1CC(C(=O)O)=CC(n2cc(CCc3ccccc3)nn2)C1NC(C)=O. The summed E-state index contributed by atoms with van der Waals surface area (Å²) in [6.45, 7) is 4.09. The fourth-order valence-electron chi connectivity index (χ4n) is 3.99. The molecule has 0 saturated heterocycles. The van der Waals surface area contributed by atoms with E-state index in [2.05, 4.69) is 34.7 Å². The maximum Gasteiger partial charge on any atom is 0.331 e. The molecule has 0 fully saturated rings. The molecule has 1 aliphatic carbocycles. The minimum atomic E-state index is -0.983. The Morgan fingerprint density at radius 3 is 2.69 bits per heavy atom. The predicted molar refractivity (Wildman–Crippen MR) is 120 cm³/mol. The zero-order chi connectivity index (χ0) is 22.9. The summed E-state index contributed by atoms with van der Waals surface area (Å²) in [6.07, 6.45) is 7.82. The van der Waals surface area contributed by atoms with Crippen molar-refractivity contribution in [3.05, 3.63) is 59.4 Å². The van der Waals surface area contributed by atoms with Gasteiger partial charge in [0.15, 0.2) is 0 Å². The van der Waals surface area contributed by atoms with Crippen LogP contribution in [0.5, 0.6) is 0 Å². The summed E-state index contributed by atoms with van der Waals surface area (Å²) < 4.78 is 7.71. The van der Waals surface area contributed by atoms with Crippen molar-refractivity contribution in [1.82, 2.24) is 20.3 Å². The lowest BCUT2D eigenvalue weighted by atomic mass is 9.88. The van der Waals surface area contributed by atoms with Gasteiger partial charge in [0, 0.05) is 31.7 Å². The molecule has 8 nitrogen and oxygen atoms in total. The molecule has 0 radical (unpaired) electrons. The highest BCUT2D eigenvalue weighted by Gasteiger charge is 2.38. The maximum atomic E-state index is 11.9. The highest BCUT2D eigenvalue weighted by molar-refractivity contribution is 5.87. The molecule has 32 heavy (non-hydrogen) atoms. The number of amides is 1. The molecule has 1 aromatic heterocycles.